The molecule has 2 fully saturated rings. The molecule has 0 unspecified atom stereocenters. The average Bonchev–Trinajstić information content (AvgIpc) is 3.37. The van der Waals surface area contributed by atoms with Gasteiger partial charge in [-0.05, 0) is 66.5 Å². The average molecular weight is 364 g/mol. The van der Waals surface area contributed by atoms with Gasteiger partial charge in [-0.15, -0.1) is 0 Å². The Kier molecular flexibility index (Phi) is 3.93. The number of amides is 1. The molecule has 1 aliphatic heterocycles. The van der Waals surface area contributed by atoms with Gasteiger partial charge in [0.2, 0.25) is 0 Å². The van der Waals surface area contributed by atoms with Crippen molar-refractivity contribution in [1.29, 1.82) is 0 Å². The molecule has 140 valence electrons. The lowest BCUT2D eigenvalue weighted by Crippen LogP contribution is -2.53. The summed E-state index contributed by atoms with van der Waals surface area (Å²) in [5, 5.41) is 8.89. The Bertz CT molecular complexity index is 928. The summed E-state index contributed by atoms with van der Waals surface area (Å²) < 4.78 is 5.15. The number of carbonyl (C=O) groups excluding carboxylic acids is 2. The number of piperidine rings is 1. The van der Waals surface area contributed by atoms with Crippen molar-refractivity contribution in [2.75, 3.05) is 6.61 Å². The van der Waals surface area contributed by atoms with Gasteiger partial charge in [0.05, 0.1) is 6.61 Å². The van der Waals surface area contributed by atoms with Crippen LogP contribution < -0.4 is 10.6 Å². The van der Waals surface area contributed by atoms with Gasteiger partial charge in [0.15, 0.2) is 0 Å². The summed E-state index contributed by atoms with van der Waals surface area (Å²) in [5.41, 5.74) is 3.44. The third-order valence-corrected chi connectivity index (χ3v) is 6.44. The Morgan fingerprint density at radius 2 is 1.96 bits per heavy atom. The zero-order valence-electron chi connectivity index (χ0n) is 15.5. The molecule has 4 atom stereocenters. The second-order valence-corrected chi connectivity index (χ2v) is 7.93. The van der Waals surface area contributed by atoms with E-state index in [4.69, 9.17) is 4.74 Å². The fourth-order valence-electron chi connectivity index (χ4n) is 5.24. The summed E-state index contributed by atoms with van der Waals surface area (Å²) in [6, 6.07) is 10.3. The van der Waals surface area contributed by atoms with Gasteiger partial charge >= 0.3 is 5.97 Å². The summed E-state index contributed by atoms with van der Waals surface area (Å²) in [6.07, 6.45) is 3.86. The molecule has 2 bridgehead atoms. The summed E-state index contributed by atoms with van der Waals surface area (Å²) in [4.78, 5) is 25.1. The molecule has 0 aromatic heterocycles. The van der Waals surface area contributed by atoms with Gasteiger partial charge in [-0.2, -0.15) is 0 Å². The molecule has 3 aliphatic rings. The second-order valence-electron chi connectivity index (χ2n) is 7.93. The van der Waals surface area contributed by atoms with E-state index >= 15 is 0 Å². The second kappa shape index (κ2) is 6.34. The molecule has 1 saturated heterocycles. The van der Waals surface area contributed by atoms with Gasteiger partial charge in [-0.3, -0.25) is 14.9 Å². The molecule has 2 aromatic rings. The van der Waals surface area contributed by atoms with Crippen LogP contribution in [0.4, 0.5) is 0 Å². The van der Waals surface area contributed by atoms with Crippen molar-refractivity contribution in [3.63, 3.8) is 0 Å². The Labute approximate surface area is 158 Å². The van der Waals surface area contributed by atoms with E-state index in [0.717, 1.165) is 36.6 Å². The van der Waals surface area contributed by atoms with E-state index in [1.807, 2.05) is 19.1 Å². The topological polar surface area (TPSA) is 67.4 Å². The van der Waals surface area contributed by atoms with E-state index in [-0.39, 0.29) is 35.9 Å². The normalized spacial score (nSPS) is 27.9. The molecule has 2 N–H and O–H groups in total. The van der Waals surface area contributed by atoms with Gasteiger partial charge in [-0.1, -0.05) is 24.3 Å². The third kappa shape index (κ3) is 2.64. The molecule has 27 heavy (non-hydrogen) atoms. The molecule has 0 spiro atoms. The molecule has 1 heterocycles. The quantitative estimate of drug-likeness (QED) is 0.818. The standard InChI is InChI=1S/C22H24N2O3/c1-2-27-22(26)20-14-10-17(23-20)18(11-14)24-21(25)16-9-8-13-7-6-12-4-3-5-15(16)19(12)13/h3-5,8-9,14,17-18,20,23H,2,6-7,10-11H2,1H3,(H,24,25)/t14-,17+,18-,20-/m1/s1. The lowest BCUT2D eigenvalue weighted by atomic mass is 9.97. The number of benzene rings is 2. The summed E-state index contributed by atoms with van der Waals surface area (Å²) in [7, 11) is 0. The predicted octanol–water partition coefficient (Wildman–Crippen LogP) is 2.35. The van der Waals surface area contributed by atoms with Crippen LogP contribution in [0.2, 0.25) is 0 Å². The van der Waals surface area contributed by atoms with Crippen molar-refractivity contribution in [1.82, 2.24) is 10.6 Å². The minimum Gasteiger partial charge on any atom is -0.465 e. The fourth-order valence-corrected chi connectivity index (χ4v) is 5.24. The number of rotatable bonds is 4. The number of hydrogen-bond donors (Lipinski definition) is 2. The van der Waals surface area contributed by atoms with Crippen LogP contribution in [-0.2, 0) is 22.4 Å². The number of esters is 1. The molecule has 5 nitrogen and oxygen atoms in total. The maximum absolute atomic E-state index is 13.0. The van der Waals surface area contributed by atoms with Gasteiger partial charge in [0.1, 0.15) is 6.04 Å². The molecule has 5 heteroatoms. The minimum atomic E-state index is -0.222. The first-order valence-corrected chi connectivity index (χ1v) is 9.92. The van der Waals surface area contributed by atoms with Crippen LogP contribution in [0.15, 0.2) is 30.3 Å². The number of hydrogen-bond acceptors (Lipinski definition) is 4. The highest BCUT2D eigenvalue weighted by molar-refractivity contribution is 6.09. The van der Waals surface area contributed by atoms with Gasteiger partial charge in [-0.25, -0.2) is 0 Å². The fraction of sp³-hybridized carbons (Fsp3) is 0.455. The summed E-state index contributed by atoms with van der Waals surface area (Å²) in [5.74, 6) is 0.0621. The lowest BCUT2D eigenvalue weighted by molar-refractivity contribution is -0.146. The van der Waals surface area contributed by atoms with Crippen molar-refractivity contribution >= 4 is 22.6 Å². The summed E-state index contributed by atoms with van der Waals surface area (Å²) >= 11 is 0. The van der Waals surface area contributed by atoms with Crippen LogP contribution >= 0.6 is 0 Å². The van der Waals surface area contributed by atoms with Crippen molar-refractivity contribution < 1.29 is 14.3 Å². The van der Waals surface area contributed by atoms with Crippen molar-refractivity contribution in [2.45, 2.75) is 50.7 Å². The minimum absolute atomic E-state index is 0.0161. The first kappa shape index (κ1) is 16.8. The van der Waals surface area contributed by atoms with Crippen LogP contribution in [-0.4, -0.2) is 36.6 Å². The number of nitrogens with one attached hydrogen (secondary N) is 2. The smallest absolute Gasteiger partial charge is 0.323 e. The summed E-state index contributed by atoms with van der Waals surface area (Å²) in [6.45, 7) is 2.23. The molecule has 2 aliphatic carbocycles. The van der Waals surface area contributed by atoms with E-state index in [1.165, 1.54) is 16.5 Å². The van der Waals surface area contributed by atoms with E-state index < -0.39 is 0 Å². The maximum Gasteiger partial charge on any atom is 0.323 e. The number of carbonyl (C=O) groups is 2. The Hall–Kier alpha value is -2.40. The van der Waals surface area contributed by atoms with Crippen LogP contribution in [0.25, 0.3) is 10.8 Å². The first-order valence-electron chi connectivity index (χ1n) is 9.92. The van der Waals surface area contributed by atoms with Gasteiger partial charge < -0.3 is 10.1 Å². The molecule has 2 aromatic carbocycles. The lowest BCUT2D eigenvalue weighted by Gasteiger charge is -2.28. The molecule has 1 saturated carbocycles. The SMILES string of the molecule is CCOC(=O)[C@@H]1N[C@H]2C[C@@H]1C[C@H]2NC(=O)c1ccc2c3c(cccc13)CC2. The molecule has 0 radical (unpaired) electrons. The van der Waals surface area contributed by atoms with Gasteiger partial charge in [0.25, 0.3) is 5.91 Å². The van der Waals surface area contributed by atoms with E-state index in [0.29, 0.717) is 6.61 Å². The first-order chi connectivity index (χ1) is 13.2. The van der Waals surface area contributed by atoms with Gasteiger partial charge in [0, 0.05) is 17.6 Å². The molecule has 5 rings (SSSR count). The zero-order valence-corrected chi connectivity index (χ0v) is 15.5. The van der Waals surface area contributed by atoms with Crippen molar-refractivity contribution in [3.05, 3.63) is 47.0 Å². The molecule has 1 amide bonds. The van der Waals surface area contributed by atoms with Crippen LogP contribution in [0.1, 0.15) is 41.3 Å². The monoisotopic (exact) mass is 364 g/mol. The van der Waals surface area contributed by atoms with Crippen molar-refractivity contribution in [2.24, 2.45) is 5.92 Å². The Morgan fingerprint density at radius 1 is 1.15 bits per heavy atom. The zero-order chi connectivity index (χ0) is 18.5. The number of fused-ring (bicyclic) bond motifs is 2. The van der Waals surface area contributed by atoms with E-state index in [2.05, 4.69) is 28.8 Å². The maximum atomic E-state index is 13.0. The Balaban J connectivity index is 1.33. The number of aryl methyl sites for hydroxylation is 2. The highest BCUT2D eigenvalue weighted by atomic mass is 16.5. The van der Waals surface area contributed by atoms with Crippen LogP contribution in [0, 0.1) is 5.92 Å². The predicted molar refractivity (Wildman–Crippen MR) is 103 cm³/mol. The van der Waals surface area contributed by atoms with Crippen LogP contribution in [0.5, 0.6) is 0 Å². The highest BCUT2D eigenvalue weighted by Crippen LogP contribution is 2.37. The van der Waals surface area contributed by atoms with E-state index in [1.54, 1.807) is 0 Å². The largest absolute Gasteiger partial charge is 0.465 e. The van der Waals surface area contributed by atoms with E-state index in [9.17, 15) is 9.59 Å². The number of ether oxygens (including phenoxy) is 1. The third-order valence-electron chi connectivity index (χ3n) is 6.44. The molecular formula is C22H24N2O3. The molecular weight excluding hydrogens is 340 g/mol. The van der Waals surface area contributed by atoms with Crippen LogP contribution in [0.3, 0.4) is 0 Å². The Morgan fingerprint density at radius 3 is 2.70 bits per heavy atom. The highest BCUT2D eigenvalue weighted by Gasteiger charge is 2.49. The van der Waals surface area contributed by atoms with Crippen molar-refractivity contribution in [3.8, 4) is 0 Å².